The van der Waals surface area contributed by atoms with E-state index in [0.29, 0.717) is 5.56 Å². The zero-order valence-electron chi connectivity index (χ0n) is 11.8. The summed E-state index contributed by atoms with van der Waals surface area (Å²) >= 11 is 0. The molecule has 0 bridgehead atoms. The Morgan fingerprint density at radius 3 is 2.25 bits per heavy atom. The SMILES string of the molecule is CC(C)S(=O)(=O)CCC(CN)(CO)c1ccc(F)cc1. The Labute approximate surface area is 119 Å². The minimum absolute atomic E-state index is 0.0558. The number of halogens is 1. The summed E-state index contributed by atoms with van der Waals surface area (Å²) in [5.41, 5.74) is 5.55. The van der Waals surface area contributed by atoms with Gasteiger partial charge in [0, 0.05) is 12.0 Å². The quantitative estimate of drug-likeness (QED) is 0.794. The van der Waals surface area contributed by atoms with E-state index in [1.165, 1.54) is 12.1 Å². The van der Waals surface area contributed by atoms with Gasteiger partial charge in [0.2, 0.25) is 0 Å². The Morgan fingerprint density at radius 2 is 1.85 bits per heavy atom. The molecular formula is C14H22FNO3S. The number of aliphatic hydroxyl groups is 1. The average Bonchev–Trinajstić information content (AvgIpc) is 2.42. The first-order valence-electron chi connectivity index (χ1n) is 6.56. The van der Waals surface area contributed by atoms with Crippen LogP contribution in [0.15, 0.2) is 24.3 Å². The molecule has 0 aliphatic heterocycles. The summed E-state index contributed by atoms with van der Waals surface area (Å²) in [5, 5.41) is 9.20. The van der Waals surface area contributed by atoms with Crippen LogP contribution >= 0.6 is 0 Å². The highest BCUT2D eigenvalue weighted by molar-refractivity contribution is 7.91. The van der Waals surface area contributed by atoms with Gasteiger partial charge in [-0.2, -0.15) is 0 Å². The largest absolute Gasteiger partial charge is 0.395 e. The summed E-state index contributed by atoms with van der Waals surface area (Å²) in [5.74, 6) is -0.438. The first kappa shape index (κ1) is 17.1. The fourth-order valence-electron chi connectivity index (χ4n) is 1.98. The van der Waals surface area contributed by atoms with E-state index in [0.717, 1.165) is 0 Å². The molecular weight excluding hydrogens is 281 g/mol. The van der Waals surface area contributed by atoms with Crippen molar-refractivity contribution in [1.82, 2.24) is 0 Å². The number of nitrogens with two attached hydrogens (primary N) is 1. The van der Waals surface area contributed by atoms with Crippen LogP contribution in [0.3, 0.4) is 0 Å². The lowest BCUT2D eigenvalue weighted by atomic mass is 9.79. The van der Waals surface area contributed by atoms with E-state index in [1.54, 1.807) is 26.0 Å². The molecule has 0 saturated heterocycles. The Morgan fingerprint density at radius 1 is 1.30 bits per heavy atom. The number of hydrogen-bond donors (Lipinski definition) is 2. The summed E-state index contributed by atoms with van der Waals surface area (Å²) in [6, 6.07) is 5.65. The standard InChI is InChI=1S/C14H22FNO3S/c1-11(2)20(18,19)8-7-14(9-16,10-17)12-3-5-13(15)6-4-12/h3-6,11,17H,7-10,16H2,1-2H3. The number of benzene rings is 1. The summed E-state index contributed by atoms with van der Waals surface area (Å²) in [7, 11) is -3.21. The van der Waals surface area contributed by atoms with Gasteiger partial charge in [0.15, 0.2) is 9.84 Å². The van der Waals surface area contributed by atoms with Gasteiger partial charge < -0.3 is 10.8 Å². The molecule has 1 aromatic rings. The number of hydrogen-bond acceptors (Lipinski definition) is 4. The van der Waals surface area contributed by atoms with Gasteiger partial charge in [0.25, 0.3) is 0 Å². The van der Waals surface area contributed by atoms with Crippen molar-refractivity contribution in [1.29, 1.82) is 0 Å². The molecule has 0 radical (unpaired) electrons. The van der Waals surface area contributed by atoms with Crippen LogP contribution in [0.25, 0.3) is 0 Å². The molecule has 6 heteroatoms. The van der Waals surface area contributed by atoms with Gasteiger partial charge in [0.1, 0.15) is 5.82 Å². The van der Waals surface area contributed by atoms with Crippen LogP contribution in [0.1, 0.15) is 25.8 Å². The second-order valence-electron chi connectivity index (χ2n) is 5.32. The molecule has 0 spiro atoms. The van der Waals surface area contributed by atoms with E-state index >= 15 is 0 Å². The van der Waals surface area contributed by atoms with Gasteiger partial charge in [-0.1, -0.05) is 12.1 Å². The van der Waals surface area contributed by atoms with E-state index < -0.39 is 20.5 Å². The van der Waals surface area contributed by atoms with Crippen molar-refractivity contribution in [3.05, 3.63) is 35.6 Å². The van der Waals surface area contributed by atoms with Crippen molar-refractivity contribution in [2.75, 3.05) is 18.9 Å². The normalized spacial score (nSPS) is 15.3. The van der Waals surface area contributed by atoms with E-state index in [4.69, 9.17) is 5.73 Å². The van der Waals surface area contributed by atoms with Crippen LogP contribution < -0.4 is 5.73 Å². The molecule has 20 heavy (non-hydrogen) atoms. The molecule has 1 atom stereocenters. The Balaban J connectivity index is 3.01. The van der Waals surface area contributed by atoms with Crippen LogP contribution in [-0.4, -0.2) is 37.7 Å². The van der Waals surface area contributed by atoms with E-state index in [2.05, 4.69) is 0 Å². The second kappa shape index (κ2) is 6.65. The maximum atomic E-state index is 13.0. The Kier molecular flexibility index (Phi) is 5.68. The van der Waals surface area contributed by atoms with Crippen LogP contribution in [0.2, 0.25) is 0 Å². The molecule has 0 aliphatic rings. The van der Waals surface area contributed by atoms with Crippen molar-refractivity contribution >= 4 is 9.84 Å². The second-order valence-corrected chi connectivity index (χ2v) is 7.99. The number of aliphatic hydroxyl groups excluding tert-OH is 1. The molecule has 0 saturated carbocycles. The zero-order chi connectivity index (χ0) is 15.4. The zero-order valence-corrected chi connectivity index (χ0v) is 12.7. The molecule has 0 heterocycles. The minimum Gasteiger partial charge on any atom is -0.395 e. The third-order valence-electron chi connectivity index (χ3n) is 3.73. The van der Waals surface area contributed by atoms with Crippen molar-refractivity contribution in [3.8, 4) is 0 Å². The van der Waals surface area contributed by atoms with Gasteiger partial charge in [-0.05, 0) is 38.0 Å². The molecule has 0 fully saturated rings. The van der Waals surface area contributed by atoms with Crippen LogP contribution in [-0.2, 0) is 15.3 Å². The Bertz CT molecular complexity index is 522. The average molecular weight is 303 g/mol. The molecule has 114 valence electrons. The summed E-state index contributed by atoms with van der Waals surface area (Å²) in [6.07, 6.45) is 0.214. The summed E-state index contributed by atoms with van der Waals surface area (Å²) in [6.45, 7) is 3.07. The molecule has 1 rings (SSSR count). The molecule has 0 aromatic heterocycles. The monoisotopic (exact) mass is 303 g/mol. The van der Waals surface area contributed by atoms with Gasteiger partial charge in [-0.3, -0.25) is 0 Å². The van der Waals surface area contributed by atoms with Crippen molar-refractivity contribution in [2.45, 2.75) is 30.9 Å². The molecule has 0 aliphatic carbocycles. The Hall–Kier alpha value is -0.980. The van der Waals surface area contributed by atoms with Crippen LogP contribution in [0, 0.1) is 5.82 Å². The summed E-state index contributed by atoms with van der Waals surface area (Å²) < 4.78 is 36.8. The van der Waals surface area contributed by atoms with E-state index in [1.807, 2.05) is 0 Å². The van der Waals surface area contributed by atoms with Crippen molar-refractivity contribution < 1.29 is 17.9 Å². The van der Waals surface area contributed by atoms with Crippen molar-refractivity contribution in [2.24, 2.45) is 5.73 Å². The lowest BCUT2D eigenvalue weighted by Gasteiger charge is -2.31. The minimum atomic E-state index is -3.21. The highest BCUT2D eigenvalue weighted by Gasteiger charge is 2.32. The maximum absolute atomic E-state index is 13.0. The third kappa shape index (κ3) is 3.77. The third-order valence-corrected chi connectivity index (χ3v) is 5.94. The van der Waals surface area contributed by atoms with Crippen LogP contribution in [0.4, 0.5) is 4.39 Å². The molecule has 0 amide bonds. The molecule has 3 N–H and O–H groups in total. The fraction of sp³-hybridized carbons (Fsp3) is 0.571. The van der Waals surface area contributed by atoms with E-state index in [-0.39, 0.29) is 31.1 Å². The smallest absolute Gasteiger partial charge is 0.152 e. The fourth-order valence-corrected chi connectivity index (χ4v) is 3.12. The molecule has 4 nitrogen and oxygen atoms in total. The lowest BCUT2D eigenvalue weighted by molar-refractivity contribution is 0.193. The van der Waals surface area contributed by atoms with Gasteiger partial charge >= 0.3 is 0 Å². The number of sulfone groups is 1. The predicted molar refractivity (Wildman–Crippen MR) is 77.8 cm³/mol. The predicted octanol–water partition coefficient (Wildman–Crippen LogP) is 1.23. The summed E-state index contributed by atoms with van der Waals surface area (Å²) in [4.78, 5) is 0. The number of rotatable bonds is 7. The highest BCUT2D eigenvalue weighted by atomic mass is 32.2. The molecule has 1 unspecified atom stereocenters. The van der Waals surface area contributed by atoms with Gasteiger partial charge in [-0.25, -0.2) is 12.8 Å². The lowest BCUT2D eigenvalue weighted by Crippen LogP contribution is -2.41. The molecule has 1 aromatic carbocycles. The first-order chi connectivity index (χ1) is 9.27. The van der Waals surface area contributed by atoms with E-state index in [9.17, 15) is 17.9 Å². The topological polar surface area (TPSA) is 80.4 Å². The maximum Gasteiger partial charge on any atom is 0.152 e. The van der Waals surface area contributed by atoms with Gasteiger partial charge in [-0.15, -0.1) is 0 Å². The van der Waals surface area contributed by atoms with Gasteiger partial charge in [0.05, 0.1) is 17.6 Å². The first-order valence-corrected chi connectivity index (χ1v) is 8.27. The van der Waals surface area contributed by atoms with Crippen molar-refractivity contribution in [3.63, 3.8) is 0 Å². The highest BCUT2D eigenvalue weighted by Crippen LogP contribution is 2.28. The van der Waals surface area contributed by atoms with Crippen LogP contribution in [0.5, 0.6) is 0 Å².